The van der Waals surface area contributed by atoms with Crippen LogP contribution in [0.25, 0.3) is 33.3 Å². The summed E-state index contributed by atoms with van der Waals surface area (Å²) in [5.41, 5.74) is 1.50. The van der Waals surface area contributed by atoms with Crippen LogP contribution in [-0.2, 0) is 13.1 Å². The molecule has 2 N–H and O–H groups in total. The van der Waals surface area contributed by atoms with Crippen LogP contribution in [0.1, 0.15) is 48.4 Å². The number of aromatic nitrogens is 7. The SMILES string of the molecule is CCn1nc(-c2ccncc2)c(C(C)=O)c(Nc2cc(F)c(F)c(F)c2)c1=O.CCn1nc(-c2ccncc2)c(C(C)=O)c(Nc2cncc3ccccc23)c1=O. The maximum atomic E-state index is 13.6. The molecule has 2 aromatic carbocycles. The number of carbonyl (C=O) groups excluding carboxylic acids is 2. The predicted octanol–water partition coefficient (Wildman–Crippen LogP) is 7.51. The third-order valence-electron chi connectivity index (χ3n) is 8.70. The Morgan fingerprint density at radius 3 is 1.60 bits per heavy atom. The van der Waals surface area contributed by atoms with Gasteiger partial charge in [-0.2, -0.15) is 10.2 Å². The molecule has 7 rings (SSSR count). The summed E-state index contributed by atoms with van der Waals surface area (Å²) in [6.07, 6.45) is 9.66. The molecule has 0 spiro atoms. The lowest BCUT2D eigenvalue weighted by molar-refractivity contribution is 0.101. The molecular formula is C41H34F3N9O4. The van der Waals surface area contributed by atoms with Gasteiger partial charge in [0.1, 0.15) is 22.8 Å². The second-order valence-corrected chi connectivity index (χ2v) is 12.4. The van der Waals surface area contributed by atoms with Crippen molar-refractivity contribution in [2.45, 2.75) is 40.8 Å². The van der Waals surface area contributed by atoms with Crippen molar-refractivity contribution in [2.24, 2.45) is 0 Å². The van der Waals surface area contributed by atoms with Gasteiger partial charge in [-0.25, -0.2) is 22.5 Å². The van der Waals surface area contributed by atoms with E-state index in [1.807, 2.05) is 31.2 Å². The standard InChI is InChI=1S/C22H19N5O2.C19H15F3N4O2/c1-3-27-22(29)21(25-18-13-24-12-16-6-4-5-7-17(16)18)19(14(2)28)20(26-27)15-8-10-23-11-9-15;1-3-26-19(28)18(24-12-8-13(20)16(22)14(21)9-12)15(10(2)27)17(25-26)11-4-6-23-7-5-11/h4-13,25H,3H2,1-2H3;4-9,24H,3H2,1-2H3. The van der Waals surface area contributed by atoms with Gasteiger partial charge in [-0.15, -0.1) is 0 Å². The highest BCUT2D eigenvalue weighted by molar-refractivity contribution is 6.07. The van der Waals surface area contributed by atoms with Crippen molar-refractivity contribution in [2.75, 3.05) is 10.6 Å². The van der Waals surface area contributed by atoms with E-state index >= 15 is 0 Å². The van der Waals surface area contributed by atoms with E-state index in [1.165, 1.54) is 30.9 Å². The second-order valence-electron chi connectivity index (χ2n) is 12.4. The number of nitrogens with one attached hydrogen (secondary N) is 2. The molecule has 0 saturated carbocycles. The molecule has 7 aromatic rings. The minimum atomic E-state index is -1.63. The topological polar surface area (TPSA) is 167 Å². The number of benzene rings is 2. The van der Waals surface area contributed by atoms with E-state index in [-0.39, 0.29) is 51.8 Å². The number of Topliss-reactive ketones (excluding diaryl/α,β-unsaturated/α-hetero) is 2. The Bertz CT molecular complexity index is 2730. The Morgan fingerprint density at radius 1 is 0.649 bits per heavy atom. The van der Waals surface area contributed by atoms with E-state index in [4.69, 9.17) is 0 Å². The molecule has 0 unspecified atom stereocenters. The Kier molecular flexibility index (Phi) is 11.7. The number of rotatable bonds is 10. The van der Waals surface area contributed by atoms with Crippen molar-refractivity contribution in [3.8, 4) is 22.5 Å². The molecule has 0 radical (unpaired) electrons. The Labute approximate surface area is 322 Å². The molecule has 0 aliphatic heterocycles. The minimum Gasteiger partial charge on any atom is -0.350 e. The minimum absolute atomic E-state index is 0.0500. The van der Waals surface area contributed by atoms with E-state index < -0.39 is 28.8 Å². The molecule has 0 saturated heterocycles. The van der Waals surface area contributed by atoms with Crippen LogP contribution >= 0.6 is 0 Å². The molecule has 288 valence electrons. The first-order valence-electron chi connectivity index (χ1n) is 17.6. The first-order chi connectivity index (χ1) is 27.4. The Morgan fingerprint density at radius 2 is 1.12 bits per heavy atom. The molecule has 0 fully saturated rings. The number of carbonyl (C=O) groups is 2. The Balaban J connectivity index is 0.000000193. The van der Waals surface area contributed by atoms with Gasteiger partial charge in [0.25, 0.3) is 11.1 Å². The van der Waals surface area contributed by atoms with Gasteiger partial charge < -0.3 is 10.6 Å². The zero-order valence-corrected chi connectivity index (χ0v) is 31.0. The van der Waals surface area contributed by atoms with Crippen molar-refractivity contribution in [3.63, 3.8) is 0 Å². The molecule has 0 amide bonds. The van der Waals surface area contributed by atoms with E-state index in [2.05, 4.69) is 35.8 Å². The van der Waals surface area contributed by atoms with Gasteiger partial charge in [-0.05, 0) is 52.0 Å². The lowest BCUT2D eigenvalue weighted by atomic mass is 10.0. The number of hydrogen-bond acceptors (Lipinski definition) is 11. The molecule has 16 heteroatoms. The maximum absolute atomic E-state index is 13.6. The molecule has 5 aromatic heterocycles. The lowest BCUT2D eigenvalue weighted by Gasteiger charge is -2.16. The molecule has 0 aliphatic carbocycles. The van der Waals surface area contributed by atoms with Gasteiger partial charge >= 0.3 is 0 Å². The fourth-order valence-electron chi connectivity index (χ4n) is 6.03. The number of nitrogens with zero attached hydrogens (tertiary/aromatic N) is 7. The van der Waals surface area contributed by atoms with Gasteiger partial charge in [0.15, 0.2) is 29.0 Å². The quantitative estimate of drug-likeness (QED) is 0.104. The fourth-order valence-corrected chi connectivity index (χ4v) is 6.03. The van der Waals surface area contributed by atoms with Gasteiger partial charge in [-0.3, -0.25) is 34.1 Å². The summed E-state index contributed by atoms with van der Waals surface area (Å²) in [5.74, 6) is -5.21. The van der Waals surface area contributed by atoms with Crippen molar-refractivity contribution in [1.82, 2.24) is 34.5 Å². The first kappa shape index (κ1) is 39.3. The van der Waals surface area contributed by atoms with Crippen molar-refractivity contribution in [3.05, 3.63) is 147 Å². The molecule has 5 heterocycles. The zero-order valence-electron chi connectivity index (χ0n) is 31.0. The van der Waals surface area contributed by atoms with Crippen LogP contribution in [0.2, 0.25) is 0 Å². The number of hydrogen-bond donors (Lipinski definition) is 2. The maximum Gasteiger partial charge on any atom is 0.291 e. The number of ketones is 2. The number of aryl methyl sites for hydroxylation is 2. The molecular weight excluding hydrogens is 740 g/mol. The highest BCUT2D eigenvalue weighted by Crippen LogP contribution is 2.31. The molecule has 13 nitrogen and oxygen atoms in total. The van der Waals surface area contributed by atoms with Crippen molar-refractivity contribution >= 4 is 45.1 Å². The third kappa shape index (κ3) is 8.19. The van der Waals surface area contributed by atoms with Gasteiger partial charge in [0.05, 0.1) is 23.0 Å². The largest absolute Gasteiger partial charge is 0.350 e. The van der Waals surface area contributed by atoms with Crippen LogP contribution in [0, 0.1) is 17.5 Å². The smallest absolute Gasteiger partial charge is 0.291 e. The van der Waals surface area contributed by atoms with Crippen LogP contribution in [0.5, 0.6) is 0 Å². The van der Waals surface area contributed by atoms with E-state index in [0.717, 1.165) is 15.5 Å². The van der Waals surface area contributed by atoms with Gasteiger partial charge in [0, 0.05) is 83.8 Å². The third-order valence-corrected chi connectivity index (χ3v) is 8.70. The monoisotopic (exact) mass is 773 g/mol. The summed E-state index contributed by atoms with van der Waals surface area (Å²) in [4.78, 5) is 63.0. The predicted molar refractivity (Wildman–Crippen MR) is 209 cm³/mol. The molecule has 0 atom stereocenters. The summed E-state index contributed by atoms with van der Waals surface area (Å²) >= 11 is 0. The fraction of sp³-hybridized carbons (Fsp3) is 0.146. The summed E-state index contributed by atoms with van der Waals surface area (Å²) in [5, 5.41) is 16.3. The van der Waals surface area contributed by atoms with Crippen LogP contribution < -0.4 is 21.8 Å². The van der Waals surface area contributed by atoms with Crippen molar-refractivity contribution in [1.29, 1.82) is 0 Å². The van der Waals surface area contributed by atoms with E-state index in [9.17, 15) is 32.3 Å². The van der Waals surface area contributed by atoms with Gasteiger partial charge in [-0.1, -0.05) is 24.3 Å². The normalized spacial score (nSPS) is 10.8. The summed E-state index contributed by atoms with van der Waals surface area (Å²) in [7, 11) is 0. The van der Waals surface area contributed by atoms with E-state index in [1.54, 1.807) is 56.0 Å². The molecule has 0 aliphatic rings. The van der Waals surface area contributed by atoms with E-state index in [0.29, 0.717) is 41.2 Å². The second kappa shape index (κ2) is 17.0. The highest BCUT2D eigenvalue weighted by atomic mass is 19.2. The summed E-state index contributed by atoms with van der Waals surface area (Å²) < 4.78 is 42.8. The van der Waals surface area contributed by atoms with Crippen molar-refractivity contribution < 1.29 is 22.8 Å². The van der Waals surface area contributed by atoms with Crippen LogP contribution in [0.4, 0.5) is 35.9 Å². The van der Waals surface area contributed by atoms with Gasteiger partial charge in [0.2, 0.25) is 0 Å². The van der Waals surface area contributed by atoms with Crippen LogP contribution in [0.15, 0.2) is 107 Å². The highest BCUT2D eigenvalue weighted by Gasteiger charge is 2.24. The zero-order chi connectivity index (χ0) is 40.8. The average Bonchev–Trinajstić information content (AvgIpc) is 3.21. The summed E-state index contributed by atoms with van der Waals surface area (Å²) in [6, 6.07) is 15.9. The molecule has 57 heavy (non-hydrogen) atoms. The first-order valence-corrected chi connectivity index (χ1v) is 17.6. The molecule has 0 bridgehead atoms. The van der Waals surface area contributed by atoms with Crippen LogP contribution in [0.3, 0.4) is 0 Å². The Hall–Kier alpha value is -7.36. The number of fused-ring (bicyclic) bond motifs is 1. The van der Waals surface area contributed by atoms with Crippen LogP contribution in [-0.4, -0.2) is 46.1 Å². The number of halogens is 3. The lowest BCUT2D eigenvalue weighted by Crippen LogP contribution is -2.28. The summed E-state index contributed by atoms with van der Waals surface area (Å²) in [6.45, 7) is 6.76. The number of pyridine rings is 3. The average molecular weight is 774 g/mol. The number of anilines is 4.